The molecule has 5 nitrogen and oxygen atoms in total. The molecule has 33 heavy (non-hydrogen) atoms. The smallest absolute Gasteiger partial charge is 0.407 e. The molecular weight excluding hydrogens is 410 g/mol. The van der Waals surface area contributed by atoms with E-state index in [4.69, 9.17) is 4.74 Å². The number of hydrogen-bond donors (Lipinski definition) is 2. The number of alkyl carbamates (subject to hydrolysis) is 1. The second kappa shape index (κ2) is 7.91. The van der Waals surface area contributed by atoms with Crippen molar-refractivity contribution in [2.45, 2.75) is 70.1 Å². The molecule has 5 heteroatoms. The van der Waals surface area contributed by atoms with Gasteiger partial charge in [-0.1, -0.05) is 57.2 Å². The Hall–Kier alpha value is -2.79. The molecule has 1 amide bonds. The van der Waals surface area contributed by atoms with Crippen LogP contribution in [0.3, 0.4) is 0 Å². The van der Waals surface area contributed by atoms with Crippen LogP contribution in [0.5, 0.6) is 0 Å². The van der Waals surface area contributed by atoms with E-state index in [1.807, 2.05) is 30.3 Å². The normalized spacial score (nSPS) is 25.0. The Morgan fingerprint density at radius 2 is 2.00 bits per heavy atom. The van der Waals surface area contributed by atoms with Gasteiger partial charge in [0, 0.05) is 35.6 Å². The van der Waals surface area contributed by atoms with E-state index in [0.717, 1.165) is 24.9 Å². The number of likely N-dealkylation sites (tertiary alicyclic amines) is 1. The highest BCUT2D eigenvalue weighted by molar-refractivity contribution is 5.89. The zero-order valence-corrected chi connectivity index (χ0v) is 20.4. The van der Waals surface area contributed by atoms with Gasteiger partial charge in [0.2, 0.25) is 0 Å². The van der Waals surface area contributed by atoms with Crippen molar-refractivity contribution in [3.8, 4) is 0 Å². The van der Waals surface area contributed by atoms with Crippen molar-refractivity contribution in [2.24, 2.45) is 0 Å². The maximum Gasteiger partial charge on any atom is 0.407 e. The topological polar surface area (TPSA) is 57.4 Å². The highest BCUT2D eigenvalue weighted by Crippen LogP contribution is 2.46. The molecule has 1 aromatic heterocycles. The SMILES string of the molecule is CN1C[C@](C)(NC(=O)OCc2ccccc2)CC2c3cc(C(C)(C)C)cc4[nH]cc(c34)C[C@H]21. The minimum Gasteiger partial charge on any atom is -0.445 e. The first-order valence-corrected chi connectivity index (χ1v) is 12.0. The number of piperidine rings is 1. The second-order valence-electron chi connectivity index (χ2n) is 11.3. The van der Waals surface area contributed by atoms with Gasteiger partial charge in [0.05, 0.1) is 5.54 Å². The van der Waals surface area contributed by atoms with Crippen molar-refractivity contribution < 1.29 is 9.53 Å². The van der Waals surface area contributed by atoms with Gasteiger partial charge in [0.1, 0.15) is 6.61 Å². The van der Waals surface area contributed by atoms with Gasteiger partial charge in [-0.2, -0.15) is 0 Å². The third-order valence-corrected chi connectivity index (χ3v) is 7.50. The fourth-order valence-corrected chi connectivity index (χ4v) is 5.86. The third kappa shape index (κ3) is 4.15. The number of aromatic nitrogens is 1. The Labute approximate surface area is 196 Å². The fraction of sp³-hybridized carbons (Fsp3) is 0.464. The number of carbonyl (C=O) groups is 1. The van der Waals surface area contributed by atoms with E-state index < -0.39 is 0 Å². The van der Waals surface area contributed by atoms with E-state index in [1.165, 1.54) is 27.6 Å². The fourth-order valence-electron chi connectivity index (χ4n) is 5.86. The molecule has 174 valence electrons. The van der Waals surface area contributed by atoms with Crippen LogP contribution >= 0.6 is 0 Å². The van der Waals surface area contributed by atoms with Crippen LogP contribution in [-0.2, 0) is 23.2 Å². The van der Waals surface area contributed by atoms with Gasteiger partial charge in [0.15, 0.2) is 0 Å². The summed E-state index contributed by atoms with van der Waals surface area (Å²) in [6.07, 6.45) is 3.78. The van der Waals surface area contributed by atoms with Crippen LogP contribution in [0, 0.1) is 0 Å². The number of carbonyl (C=O) groups excluding carboxylic acids is 1. The molecule has 3 aromatic rings. The Kier molecular flexibility index (Phi) is 5.28. The average molecular weight is 446 g/mol. The zero-order chi connectivity index (χ0) is 23.4. The summed E-state index contributed by atoms with van der Waals surface area (Å²) in [4.78, 5) is 18.7. The van der Waals surface area contributed by atoms with Crippen LogP contribution in [0.4, 0.5) is 4.79 Å². The number of likely N-dealkylation sites (N-methyl/N-ethyl adjacent to an activating group) is 1. The number of nitrogens with one attached hydrogen (secondary N) is 2. The van der Waals surface area contributed by atoms with Crippen molar-refractivity contribution in [1.82, 2.24) is 15.2 Å². The molecule has 0 bridgehead atoms. The molecule has 2 heterocycles. The van der Waals surface area contributed by atoms with E-state index in [9.17, 15) is 4.79 Å². The first-order chi connectivity index (χ1) is 15.6. The predicted molar refractivity (Wildman–Crippen MR) is 133 cm³/mol. The summed E-state index contributed by atoms with van der Waals surface area (Å²) in [6.45, 7) is 10.0. The number of aromatic amines is 1. The van der Waals surface area contributed by atoms with Crippen LogP contribution < -0.4 is 5.32 Å². The Bertz CT molecular complexity index is 1180. The predicted octanol–water partition coefficient (Wildman–Crippen LogP) is 5.49. The lowest BCUT2D eigenvalue weighted by molar-refractivity contribution is 0.0685. The molecule has 1 aliphatic carbocycles. The molecule has 3 atom stereocenters. The van der Waals surface area contributed by atoms with E-state index in [1.54, 1.807) is 0 Å². The summed E-state index contributed by atoms with van der Waals surface area (Å²) < 4.78 is 5.56. The first kappa shape index (κ1) is 22.0. The summed E-state index contributed by atoms with van der Waals surface area (Å²) in [5.74, 6) is 0.358. The summed E-state index contributed by atoms with van der Waals surface area (Å²) in [7, 11) is 2.19. The number of nitrogens with zero attached hydrogens (tertiary/aromatic N) is 1. The second-order valence-corrected chi connectivity index (χ2v) is 11.3. The maximum atomic E-state index is 12.7. The summed E-state index contributed by atoms with van der Waals surface area (Å²) in [5, 5.41) is 4.60. The lowest BCUT2D eigenvalue weighted by Gasteiger charge is -2.50. The van der Waals surface area contributed by atoms with Crippen LogP contribution in [0.2, 0.25) is 0 Å². The lowest BCUT2D eigenvalue weighted by Crippen LogP contribution is -2.61. The van der Waals surface area contributed by atoms with E-state index in [-0.39, 0.29) is 23.7 Å². The van der Waals surface area contributed by atoms with E-state index in [0.29, 0.717) is 12.0 Å². The number of amides is 1. The van der Waals surface area contributed by atoms with Gasteiger partial charge in [-0.05, 0) is 60.5 Å². The molecule has 0 saturated carbocycles. The molecule has 5 rings (SSSR count). The number of rotatable bonds is 3. The van der Waals surface area contributed by atoms with Crippen molar-refractivity contribution in [2.75, 3.05) is 13.6 Å². The number of ether oxygens (including phenoxy) is 1. The van der Waals surface area contributed by atoms with Crippen molar-refractivity contribution >= 4 is 17.0 Å². The Balaban J connectivity index is 1.41. The molecular formula is C28H35N3O2. The molecule has 2 aromatic carbocycles. The van der Waals surface area contributed by atoms with Crippen LogP contribution in [0.1, 0.15) is 62.3 Å². The first-order valence-electron chi connectivity index (χ1n) is 12.0. The highest BCUT2D eigenvalue weighted by atomic mass is 16.5. The third-order valence-electron chi connectivity index (χ3n) is 7.50. The van der Waals surface area contributed by atoms with Gasteiger partial charge in [-0.15, -0.1) is 0 Å². The molecule has 1 aliphatic heterocycles. The maximum absolute atomic E-state index is 12.7. The van der Waals surface area contributed by atoms with Crippen molar-refractivity contribution in [1.29, 1.82) is 0 Å². The van der Waals surface area contributed by atoms with Crippen molar-refractivity contribution in [3.63, 3.8) is 0 Å². The molecule has 2 N–H and O–H groups in total. The summed E-state index contributed by atoms with van der Waals surface area (Å²) in [6, 6.07) is 15.0. The van der Waals surface area contributed by atoms with Gasteiger partial charge >= 0.3 is 6.09 Å². The minimum atomic E-state index is -0.360. The standard InChI is InChI=1S/C28H35N3O2/c1-27(2,3)20-12-21-22-14-28(4,30-26(32)33-16-18-9-7-6-8-10-18)17-31(5)24(22)11-19-15-29-23(13-20)25(19)21/h6-10,12-13,15,22,24,29H,11,14,16-17H2,1-5H3,(H,30,32)/t22?,24-,28-/m1/s1. The molecule has 1 fully saturated rings. The molecule has 0 spiro atoms. The lowest BCUT2D eigenvalue weighted by atomic mass is 9.69. The Morgan fingerprint density at radius 1 is 1.24 bits per heavy atom. The zero-order valence-electron chi connectivity index (χ0n) is 20.4. The summed E-state index contributed by atoms with van der Waals surface area (Å²) in [5.41, 5.74) is 6.12. The Morgan fingerprint density at radius 3 is 2.73 bits per heavy atom. The van der Waals surface area contributed by atoms with Gasteiger partial charge in [0.25, 0.3) is 0 Å². The molecule has 1 saturated heterocycles. The number of hydrogen-bond acceptors (Lipinski definition) is 3. The number of H-pyrrole nitrogens is 1. The minimum absolute atomic E-state index is 0.0757. The average Bonchev–Trinajstić information content (AvgIpc) is 3.17. The van der Waals surface area contributed by atoms with Gasteiger partial charge in [-0.25, -0.2) is 4.79 Å². The number of benzene rings is 2. The molecule has 1 unspecified atom stereocenters. The van der Waals surface area contributed by atoms with Crippen LogP contribution in [0.25, 0.3) is 10.9 Å². The van der Waals surface area contributed by atoms with Gasteiger partial charge in [-0.3, -0.25) is 0 Å². The molecule has 0 radical (unpaired) electrons. The van der Waals surface area contributed by atoms with Gasteiger partial charge < -0.3 is 19.9 Å². The van der Waals surface area contributed by atoms with Crippen molar-refractivity contribution in [3.05, 3.63) is 70.9 Å². The van der Waals surface area contributed by atoms with E-state index >= 15 is 0 Å². The van der Waals surface area contributed by atoms with Crippen LogP contribution in [0.15, 0.2) is 48.7 Å². The number of fused-ring (bicyclic) bond motifs is 2. The largest absolute Gasteiger partial charge is 0.445 e. The monoisotopic (exact) mass is 445 g/mol. The summed E-state index contributed by atoms with van der Waals surface area (Å²) >= 11 is 0. The quantitative estimate of drug-likeness (QED) is 0.560. The van der Waals surface area contributed by atoms with E-state index in [2.05, 4.69) is 68.3 Å². The highest BCUT2D eigenvalue weighted by Gasteiger charge is 2.45. The molecule has 2 aliphatic rings. The van der Waals surface area contributed by atoms with Crippen LogP contribution in [-0.4, -0.2) is 41.2 Å².